The summed E-state index contributed by atoms with van der Waals surface area (Å²) in [6.45, 7) is 5.81. The van der Waals surface area contributed by atoms with Gasteiger partial charge in [-0.1, -0.05) is 51.3 Å². The number of hydrogen-bond acceptors (Lipinski definition) is 1. The average molecular weight is 245 g/mol. The molecule has 0 bridgehead atoms. The smallest absolute Gasteiger partial charge is 0.0372 e. The number of nitrogens with one attached hydrogen (secondary N) is 1. The summed E-state index contributed by atoms with van der Waals surface area (Å²) in [5.74, 6) is 1.81. The summed E-state index contributed by atoms with van der Waals surface area (Å²) < 4.78 is 0. The molecular formula is C17H27N. The summed E-state index contributed by atoms with van der Waals surface area (Å²) in [7, 11) is 0. The van der Waals surface area contributed by atoms with E-state index in [1.54, 1.807) is 0 Å². The van der Waals surface area contributed by atoms with Crippen molar-refractivity contribution >= 4 is 5.69 Å². The molecule has 0 spiro atoms. The van der Waals surface area contributed by atoms with Crippen LogP contribution in [-0.4, -0.2) is 6.54 Å². The van der Waals surface area contributed by atoms with Gasteiger partial charge in [0, 0.05) is 12.2 Å². The lowest BCUT2D eigenvalue weighted by Gasteiger charge is -2.27. The van der Waals surface area contributed by atoms with Crippen LogP contribution in [-0.2, 0) is 6.42 Å². The van der Waals surface area contributed by atoms with Crippen LogP contribution < -0.4 is 5.32 Å². The molecule has 1 aliphatic carbocycles. The summed E-state index contributed by atoms with van der Waals surface area (Å²) in [5, 5.41) is 3.69. The first-order valence-electron chi connectivity index (χ1n) is 7.61. The number of rotatable bonds is 5. The molecule has 1 heteroatoms. The van der Waals surface area contributed by atoms with E-state index in [-0.39, 0.29) is 0 Å². The van der Waals surface area contributed by atoms with E-state index >= 15 is 0 Å². The fourth-order valence-corrected chi connectivity index (χ4v) is 3.18. The Balaban J connectivity index is 1.89. The van der Waals surface area contributed by atoms with E-state index in [0.717, 1.165) is 18.4 Å². The van der Waals surface area contributed by atoms with Crippen LogP contribution in [0.3, 0.4) is 0 Å². The highest BCUT2D eigenvalue weighted by Gasteiger charge is 2.18. The van der Waals surface area contributed by atoms with Gasteiger partial charge < -0.3 is 5.32 Å². The summed E-state index contributed by atoms with van der Waals surface area (Å²) >= 11 is 0. The Morgan fingerprint density at radius 1 is 1.22 bits per heavy atom. The Labute approximate surface area is 112 Å². The molecule has 0 heterocycles. The van der Waals surface area contributed by atoms with E-state index in [1.807, 2.05) is 0 Å². The Hall–Kier alpha value is -0.980. The normalized spacial score (nSPS) is 23.9. The standard InChI is InChI=1S/C17H27N/c1-3-7-16-10-4-5-11-17(16)18-13-15-9-6-8-14(2)12-15/h4-5,10-11,14-15,18H,3,6-9,12-13H2,1-2H3. The lowest BCUT2D eigenvalue weighted by atomic mass is 9.82. The zero-order valence-electron chi connectivity index (χ0n) is 11.9. The second-order valence-electron chi connectivity index (χ2n) is 5.93. The zero-order chi connectivity index (χ0) is 12.8. The number of para-hydroxylation sites is 1. The van der Waals surface area contributed by atoms with Crippen molar-refractivity contribution in [2.45, 2.75) is 52.4 Å². The number of hydrogen-bond donors (Lipinski definition) is 1. The van der Waals surface area contributed by atoms with E-state index in [1.165, 1.54) is 49.8 Å². The van der Waals surface area contributed by atoms with Gasteiger partial charge in [-0.25, -0.2) is 0 Å². The minimum Gasteiger partial charge on any atom is -0.385 e. The molecule has 0 saturated heterocycles. The second kappa shape index (κ2) is 6.82. The van der Waals surface area contributed by atoms with Crippen molar-refractivity contribution in [3.8, 4) is 0 Å². The van der Waals surface area contributed by atoms with Gasteiger partial charge in [0.1, 0.15) is 0 Å². The van der Waals surface area contributed by atoms with Gasteiger partial charge >= 0.3 is 0 Å². The highest BCUT2D eigenvalue weighted by atomic mass is 14.9. The van der Waals surface area contributed by atoms with Crippen molar-refractivity contribution in [1.82, 2.24) is 0 Å². The van der Waals surface area contributed by atoms with Crippen molar-refractivity contribution in [3.63, 3.8) is 0 Å². The summed E-state index contributed by atoms with van der Waals surface area (Å²) in [6, 6.07) is 8.79. The SMILES string of the molecule is CCCc1ccccc1NCC1CCCC(C)C1. The Morgan fingerprint density at radius 3 is 2.83 bits per heavy atom. The molecule has 2 rings (SSSR count). The van der Waals surface area contributed by atoms with Gasteiger partial charge in [0.25, 0.3) is 0 Å². The Bertz CT molecular complexity index is 358. The molecular weight excluding hydrogens is 218 g/mol. The first-order valence-corrected chi connectivity index (χ1v) is 7.61. The maximum atomic E-state index is 3.69. The number of anilines is 1. The fourth-order valence-electron chi connectivity index (χ4n) is 3.18. The summed E-state index contributed by atoms with van der Waals surface area (Å²) in [5.41, 5.74) is 2.83. The van der Waals surface area contributed by atoms with Crippen LogP contribution in [0, 0.1) is 11.8 Å². The van der Waals surface area contributed by atoms with Gasteiger partial charge in [0.15, 0.2) is 0 Å². The molecule has 1 aromatic carbocycles. The third-order valence-corrected chi connectivity index (χ3v) is 4.16. The van der Waals surface area contributed by atoms with E-state index in [4.69, 9.17) is 0 Å². The third-order valence-electron chi connectivity index (χ3n) is 4.16. The van der Waals surface area contributed by atoms with Gasteiger partial charge in [-0.05, 0) is 42.7 Å². The van der Waals surface area contributed by atoms with Gasteiger partial charge in [-0.3, -0.25) is 0 Å². The Kier molecular flexibility index (Phi) is 5.10. The lowest BCUT2D eigenvalue weighted by molar-refractivity contribution is 0.293. The molecule has 0 radical (unpaired) electrons. The average Bonchev–Trinajstić information content (AvgIpc) is 2.38. The Morgan fingerprint density at radius 2 is 2.06 bits per heavy atom. The maximum absolute atomic E-state index is 3.69. The number of benzene rings is 1. The van der Waals surface area contributed by atoms with E-state index < -0.39 is 0 Å². The summed E-state index contributed by atoms with van der Waals surface area (Å²) in [4.78, 5) is 0. The quantitative estimate of drug-likeness (QED) is 0.779. The minimum atomic E-state index is 0.878. The monoisotopic (exact) mass is 245 g/mol. The molecule has 100 valence electrons. The van der Waals surface area contributed by atoms with Gasteiger partial charge in [0.2, 0.25) is 0 Å². The maximum Gasteiger partial charge on any atom is 0.0372 e. The fraction of sp³-hybridized carbons (Fsp3) is 0.647. The molecule has 1 fully saturated rings. The van der Waals surface area contributed by atoms with Gasteiger partial charge in [-0.15, -0.1) is 0 Å². The molecule has 1 aliphatic rings. The van der Waals surface area contributed by atoms with Crippen molar-refractivity contribution in [2.75, 3.05) is 11.9 Å². The van der Waals surface area contributed by atoms with Crippen molar-refractivity contribution < 1.29 is 0 Å². The van der Waals surface area contributed by atoms with Crippen LogP contribution in [0.4, 0.5) is 5.69 Å². The molecule has 0 amide bonds. The molecule has 18 heavy (non-hydrogen) atoms. The van der Waals surface area contributed by atoms with Crippen LogP contribution in [0.25, 0.3) is 0 Å². The van der Waals surface area contributed by atoms with Gasteiger partial charge in [0.05, 0.1) is 0 Å². The minimum absolute atomic E-state index is 0.878. The molecule has 0 aromatic heterocycles. The number of aryl methyl sites for hydroxylation is 1. The van der Waals surface area contributed by atoms with Crippen LogP contribution in [0.1, 0.15) is 51.5 Å². The van der Waals surface area contributed by atoms with Crippen molar-refractivity contribution in [1.29, 1.82) is 0 Å². The molecule has 1 N–H and O–H groups in total. The molecule has 2 unspecified atom stereocenters. The van der Waals surface area contributed by atoms with Crippen LogP contribution in [0.2, 0.25) is 0 Å². The molecule has 2 atom stereocenters. The first kappa shape index (κ1) is 13.5. The predicted molar refractivity (Wildman–Crippen MR) is 80.0 cm³/mol. The molecule has 1 saturated carbocycles. The van der Waals surface area contributed by atoms with E-state index in [9.17, 15) is 0 Å². The van der Waals surface area contributed by atoms with Crippen LogP contribution >= 0.6 is 0 Å². The lowest BCUT2D eigenvalue weighted by Crippen LogP contribution is -2.21. The third kappa shape index (κ3) is 3.76. The van der Waals surface area contributed by atoms with Crippen molar-refractivity contribution in [2.24, 2.45) is 11.8 Å². The highest BCUT2D eigenvalue weighted by molar-refractivity contribution is 5.51. The molecule has 1 nitrogen and oxygen atoms in total. The summed E-state index contributed by atoms with van der Waals surface area (Å²) in [6.07, 6.45) is 8.08. The van der Waals surface area contributed by atoms with Crippen LogP contribution in [0.15, 0.2) is 24.3 Å². The predicted octanol–water partition coefficient (Wildman–Crippen LogP) is 4.88. The second-order valence-corrected chi connectivity index (χ2v) is 5.93. The van der Waals surface area contributed by atoms with Gasteiger partial charge in [-0.2, -0.15) is 0 Å². The zero-order valence-corrected chi connectivity index (χ0v) is 11.9. The largest absolute Gasteiger partial charge is 0.385 e. The topological polar surface area (TPSA) is 12.0 Å². The van der Waals surface area contributed by atoms with E-state index in [2.05, 4.69) is 43.4 Å². The molecule has 1 aromatic rings. The van der Waals surface area contributed by atoms with Crippen LogP contribution in [0.5, 0.6) is 0 Å². The molecule has 0 aliphatic heterocycles. The van der Waals surface area contributed by atoms with Crippen molar-refractivity contribution in [3.05, 3.63) is 29.8 Å². The first-order chi connectivity index (χ1) is 8.79. The highest BCUT2D eigenvalue weighted by Crippen LogP contribution is 2.29. The van der Waals surface area contributed by atoms with E-state index in [0.29, 0.717) is 0 Å².